The van der Waals surface area contributed by atoms with Gasteiger partial charge in [-0.05, 0) is 31.4 Å². The van der Waals surface area contributed by atoms with Crippen molar-refractivity contribution < 1.29 is 9.32 Å². The number of aromatic nitrogens is 4. The fraction of sp³-hybridized carbons (Fsp3) is 0.316. The summed E-state index contributed by atoms with van der Waals surface area (Å²) in [5, 5.41) is 7.00. The van der Waals surface area contributed by atoms with E-state index in [1.54, 1.807) is 18.5 Å². The topological polar surface area (TPSA) is 93.8 Å². The molecule has 4 rings (SSSR count). The summed E-state index contributed by atoms with van der Waals surface area (Å²) in [6.45, 7) is 0. The summed E-state index contributed by atoms with van der Waals surface area (Å²) in [4.78, 5) is 25.6. The van der Waals surface area contributed by atoms with E-state index in [0.717, 1.165) is 36.1 Å². The lowest BCUT2D eigenvalue weighted by atomic mass is 9.92. The lowest BCUT2D eigenvalue weighted by Gasteiger charge is -2.25. The van der Waals surface area contributed by atoms with E-state index in [1.165, 1.54) is 0 Å². The smallest absolute Gasteiger partial charge is 0.220 e. The van der Waals surface area contributed by atoms with E-state index in [-0.39, 0.29) is 11.9 Å². The van der Waals surface area contributed by atoms with Crippen LogP contribution in [0.15, 0.2) is 41.3 Å². The summed E-state index contributed by atoms with van der Waals surface area (Å²) in [7, 11) is 0. The van der Waals surface area contributed by atoms with E-state index in [4.69, 9.17) is 21.1 Å². The highest BCUT2D eigenvalue weighted by atomic mass is 35.5. The molecule has 0 fully saturated rings. The Hall–Kier alpha value is -2.80. The van der Waals surface area contributed by atoms with Crippen molar-refractivity contribution >= 4 is 17.5 Å². The van der Waals surface area contributed by atoms with Crippen molar-refractivity contribution in [1.29, 1.82) is 0 Å². The van der Waals surface area contributed by atoms with Crippen LogP contribution in [-0.2, 0) is 17.6 Å². The highest BCUT2D eigenvalue weighted by Crippen LogP contribution is 2.29. The van der Waals surface area contributed by atoms with E-state index in [9.17, 15) is 4.79 Å². The molecule has 138 valence electrons. The average molecular weight is 384 g/mol. The third kappa shape index (κ3) is 4.14. The van der Waals surface area contributed by atoms with Crippen LogP contribution in [0.3, 0.4) is 0 Å². The molecule has 1 N–H and O–H groups in total. The number of rotatable bonds is 5. The zero-order chi connectivity index (χ0) is 18.6. The second kappa shape index (κ2) is 7.84. The number of carbonyl (C=O) groups is 1. The molecule has 0 bridgehead atoms. The minimum absolute atomic E-state index is 0.0430. The number of amides is 1. The number of hydrogen-bond donors (Lipinski definition) is 1. The highest BCUT2D eigenvalue weighted by Gasteiger charge is 2.24. The fourth-order valence-corrected chi connectivity index (χ4v) is 3.40. The number of halogens is 1. The summed E-state index contributed by atoms with van der Waals surface area (Å²) in [6, 6.07) is 5.34. The Kier molecular flexibility index (Phi) is 5.11. The first kappa shape index (κ1) is 17.6. The van der Waals surface area contributed by atoms with Gasteiger partial charge in [0, 0.05) is 54.3 Å². The minimum Gasteiger partial charge on any atom is -0.360 e. The van der Waals surface area contributed by atoms with Gasteiger partial charge in [0.05, 0.1) is 6.04 Å². The third-order valence-electron chi connectivity index (χ3n) is 4.58. The Bertz CT molecular complexity index is 944. The summed E-state index contributed by atoms with van der Waals surface area (Å²) in [5.41, 5.74) is 2.93. The molecule has 3 aromatic heterocycles. The SMILES string of the molecule is O=C(CCc1cc(Cl)no1)NC1CCCc2nc(-c3ccncc3)ncc21. The first-order valence-electron chi connectivity index (χ1n) is 8.86. The van der Waals surface area contributed by atoms with Gasteiger partial charge in [0.2, 0.25) is 5.91 Å². The van der Waals surface area contributed by atoms with Crippen molar-refractivity contribution in [3.8, 4) is 11.4 Å². The Morgan fingerprint density at radius 2 is 2.19 bits per heavy atom. The number of nitrogens with one attached hydrogen (secondary N) is 1. The first-order chi connectivity index (χ1) is 13.2. The Balaban J connectivity index is 1.44. The van der Waals surface area contributed by atoms with Crippen molar-refractivity contribution in [3.63, 3.8) is 0 Å². The number of pyridine rings is 1. The van der Waals surface area contributed by atoms with Gasteiger partial charge in [0.25, 0.3) is 0 Å². The molecule has 7 nitrogen and oxygen atoms in total. The maximum Gasteiger partial charge on any atom is 0.220 e. The quantitative estimate of drug-likeness (QED) is 0.726. The van der Waals surface area contributed by atoms with Gasteiger partial charge in [-0.3, -0.25) is 9.78 Å². The highest BCUT2D eigenvalue weighted by molar-refractivity contribution is 6.29. The van der Waals surface area contributed by atoms with Crippen molar-refractivity contribution in [2.75, 3.05) is 0 Å². The Labute approximate surface area is 161 Å². The molecule has 1 aliphatic rings. The predicted octanol–water partition coefficient (Wildman–Crippen LogP) is 3.31. The van der Waals surface area contributed by atoms with Crippen LogP contribution in [0.5, 0.6) is 0 Å². The van der Waals surface area contributed by atoms with E-state index in [2.05, 4.69) is 20.4 Å². The van der Waals surface area contributed by atoms with Crippen LogP contribution in [0.4, 0.5) is 0 Å². The van der Waals surface area contributed by atoms with Crippen LogP contribution in [-0.4, -0.2) is 26.0 Å². The molecule has 3 aromatic rings. The van der Waals surface area contributed by atoms with Gasteiger partial charge in [0.1, 0.15) is 5.76 Å². The lowest BCUT2D eigenvalue weighted by molar-refractivity contribution is -0.122. The predicted molar refractivity (Wildman–Crippen MR) is 98.9 cm³/mol. The molecule has 0 spiro atoms. The van der Waals surface area contributed by atoms with Crippen molar-refractivity contribution in [1.82, 2.24) is 25.4 Å². The third-order valence-corrected chi connectivity index (χ3v) is 4.76. The van der Waals surface area contributed by atoms with E-state index in [0.29, 0.717) is 29.6 Å². The molecule has 3 heterocycles. The summed E-state index contributed by atoms with van der Waals surface area (Å²) < 4.78 is 5.03. The second-order valence-electron chi connectivity index (χ2n) is 6.46. The van der Waals surface area contributed by atoms with Crippen LogP contribution in [0.2, 0.25) is 5.15 Å². The van der Waals surface area contributed by atoms with Crippen molar-refractivity contribution in [3.05, 3.63) is 59.0 Å². The van der Waals surface area contributed by atoms with Crippen LogP contribution >= 0.6 is 11.6 Å². The Morgan fingerprint density at radius 1 is 1.33 bits per heavy atom. The summed E-state index contributed by atoms with van der Waals surface area (Å²) in [5.74, 6) is 1.24. The van der Waals surface area contributed by atoms with E-state index >= 15 is 0 Å². The summed E-state index contributed by atoms with van der Waals surface area (Å²) in [6.07, 6.45) is 8.80. The first-order valence-corrected chi connectivity index (χ1v) is 9.23. The monoisotopic (exact) mass is 383 g/mol. The molecule has 27 heavy (non-hydrogen) atoms. The van der Waals surface area contributed by atoms with Crippen LogP contribution in [0.1, 0.15) is 42.3 Å². The van der Waals surface area contributed by atoms with Gasteiger partial charge in [-0.15, -0.1) is 0 Å². The molecule has 1 atom stereocenters. The van der Waals surface area contributed by atoms with Gasteiger partial charge < -0.3 is 9.84 Å². The largest absolute Gasteiger partial charge is 0.360 e. The molecule has 0 aromatic carbocycles. The van der Waals surface area contributed by atoms with Gasteiger partial charge in [-0.1, -0.05) is 16.8 Å². The fourth-order valence-electron chi connectivity index (χ4n) is 3.25. The average Bonchev–Trinajstić information content (AvgIpc) is 3.12. The molecule has 0 aliphatic heterocycles. The number of fused-ring (bicyclic) bond motifs is 1. The second-order valence-corrected chi connectivity index (χ2v) is 6.85. The molecule has 1 amide bonds. The molecular formula is C19H18ClN5O2. The number of aryl methyl sites for hydroxylation is 2. The maximum atomic E-state index is 12.3. The van der Waals surface area contributed by atoms with Crippen LogP contribution in [0, 0.1) is 0 Å². The number of nitrogens with zero attached hydrogens (tertiary/aromatic N) is 4. The molecule has 0 saturated heterocycles. The van der Waals surface area contributed by atoms with Gasteiger partial charge in [-0.25, -0.2) is 9.97 Å². The van der Waals surface area contributed by atoms with Gasteiger partial charge in [0.15, 0.2) is 11.0 Å². The van der Waals surface area contributed by atoms with Gasteiger partial charge >= 0.3 is 0 Å². The molecular weight excluding hydrogens is 366 g/mol. The molecule has 1 aliphatic carbocycles. The van der Waals surface area contributed by atoms with Gasteiger partial charge in [-0.2, -0.15) is 0 Å². The molecule has 8 heteroatoms. The molecule has 1 unspecified atom stereocenters. The van der Waals surface area contributed by atoms with E-state index in [1.807, 2.05) is 18.3 Å². The standard InChI is InChI=1S/C19H18ClN5O2/c20-17-10-13(27-25-17)4-5-18(26)23-15-2-1-3-16-14(15)11-22-19(24-16)12-6-8-21-9-7-12/h6-11,15H,1-5H2,(H,23,26). The lowest BCUT2D eigenvalue weighted by Crippen LogP contribution is -2.31. The number of carbonyl (C=O) groups excluding carboxylic acids is 1. The zero-order valence-corrected chi connectivity index (χ0v) is 15.3. The normalized spacial score (nSPS) is 16.0. The van der Waals surface area contributed by atoms with E-state index < -0.39 is 0 Å². The van der Waals surface area contributed by atoms with Crippen LogP contribution in [0.25, 0.3) is 11.4 Å². The van der Waals surface area contributed by atoms with Crippen molar-refractivity contribution in [2.45, 2.75) is 38.1 Å². The molecule has 0 saturated carbocycles. The zero-order valence-electron chi connectivity index (χ0n) is 14.6. The minimum atomic E-state index is -0.0638. The Morgan fingerprint density at radius 3 is 2.96 bits per heavy atom. The van der Waals surface area contributed by atoms with Crippen molar-refractivity contribution in [2.24, 2.45) is 0 Å². The number of hydrogen-bond acceptors (Lipinski definition) is 6. The van der Waals surface area contributed by atoms with Crippen LogP contribution < -0.4 is 5.32 Å². The summed E-state index contributed by atoms with van der Waals surface area (Å²) >= 11 is 5.72. The maximum absolute atomic E-state index is 12.3. The molecule has 0 radical (unpaired) electrons.